The number of carbonyl (C=O) groups excluding carboxylic acids is 1. The average molecular weight is 272 g/mol. The Labute approximate surface area is 118 Å². The van der Waals surface area contributed by atoms with Crippen molar-refractivity contribution in [3.8, 4) is 0 Å². The molecule has 1 aliphatic rings. The van der Waals surface area contributed by atoms with Crippen LogP contribution in [0.25, 0.3) is 10.9 Å². The van der Waals surface area contributed by atoms with E-state index >= 15 is 0 Å². The first-order valence-corrected chi connectivity index (χ1v) is 7.11. The van der Waals surface area contributed by atoms with E-state index in [1.165, 1.54) is 11.1 Å². The van der Waals surface area contributed by atoms with Crippen molar-refractivity contribution in [3.05, 3.63) is 36.0 Å². The number of amides is 1. The standard InChI is InChI=1S/C15H20N4O/c20-12-19(18-9-6-16-7-10-18)8-5-14-11-13-3-1-2-4-15(13)17-14/h1-4,11-12,16-17H,5-10H2. The summed E-state index contributed by atoms with van der Waals surface area (Å²) in [7, 11) is 0. The summed E-state index contributed by atoms with van der Waals surface area (Å²) in [4.78, 5) is 14.7. The predicted molar refractivity (Wildman–Crippen MR) is 79.2 cm³/mol. The van der Waals surface area contributed by atoms with Crippen LogP contribution in [0.1, 0.15) is 5.69 Å². The van der Waals surface area contributed by atoms with Crippen LogP contribution >= 0.6 is 0 Å². The Kier molecular flexibility index (Phi) is 3.99. The fraction of sp³-hybridized carbons (Fsp3) is 0.400. The molecule has 1 saturated heterocycles. The number of piperazine rings is 1. The Morgan fingerprint density at radius 3 is 2.80 bits per heavy atom. The lowest BCUT2D eigenvalue weighted by atomic mass is 10.2. The van der Waals surface area contributed by atoms with Gasteiger partial charge in [0.05, 0.1) is 0 Å². The lowest BCUT2D eigenvalue weighted by Crippen LogP contribution is -2.52. The van der Waals surface area contributed by atoms with E-state index in [9.17, 15) is 4.79 Å². The van der Waals surface area contributed by atoms with Gasteiger partial charge in [-0.1, -0.05) is 18.2 Å². The van der Waals surface area contributed by atoms with Gasteiger partial charge in [-0.15, -0.1) is 0 Å². The second-order valence-corrected chi connectivity index (χ2v) is 5.10. The molecule has 2 N–H and O–H groups in total. The first kappa shape index (κ1) is 13.1. The summed E-state index contributed by atoms with van der Waals surface area (Å²) in [6.07, 6.45) is 1.78. The third-order valence-electron chi connectivity index (χ3n) is 3.77. The largest absolute Gasteiger partial charge is 0.358 e. The third-order valence-corrected chi connectivity index (χ3v) is 3.77. The number of aromatic amines is 1. The van der Waals surface area contributed by atoms with Crippen LogP contribution in [0.15, 0.2) is 30.3 Å². The van der Waals surface area contributed by atoms with Crippen LogP contribution in [0.5, 0.6) is 0 Å². The van der Waals surface area contributed by atoms with Crippen molar-refractivity contribution < 1.29 is 4.79 Å². The number of nitrogens with one attached hydrogen (secondary N) is 2. The average Bonchev–Trinajstić information content (AvgIpc) is 2.92. The Bertz CT molecular complexity index is 541. The molecule has 0 atom stereocenters. The molecule has 2 heterocycles. The highest BCUT2D eigenvalue weighted by Crippen LogP contribution is 2.15. The van der Waals surface area contributed by atoms with E-state index < -0.39 is 0 Å². The zero-order chi connectivity index (χ0) is 13.8. The molecular weight excluding hydrogens is 252 g/mol. The molecule has 5 heteroatoms. The summed E-state index contributed by atoms with van der Waals surface area (Å²) in [5.74, 6) is 0. The van der Waals surface area contributed by atoms with Gasteiger partial charge in [0.1, 0.15) is 0 Å². The van der Waals surface area contributed by atoms with E-state index in [2.05, 4.69) is 33.5 Å². The minimum absolute atomic E-state index is 0.719. The number of hydrogen-bond donors (Lipinski definition) is 2. The molecule has 0 spiro atoms. The van der Waals surface area contributed by atoms with Gasteiger partial charge in [0.15, 0.2) is 0 Å². The van der Waals surface area contributed by atoms with E-state index in [0.717, 1.165) is 51.1 Å². The summed E-state index contributed by atoms with van der Waals surface area (Å²) in [6, 6.07) is 10.4. The zero-order valence-electron chi connectivity index (χ0n) is 11.5. The van der Waals surface area contributed by atoms with Gasteiger partial charge in [-0.05, 0) is 17.5 Å². The smallest absolute Gasteiger partial charge is 0.224 e. The number of hydrogen-bond acceptors (Lipinski definition) is 3. The van der Waals surface area contributed by atoms with Crippen LogP contribution in [0, 0.1) is 0 Å². The van der Waals surface area contributed by atoms with E-state index in [1.807, 2.05) is 12.1 Å². The summed E-state index contributed by atoms with van der Waals surface area (Å²) in [5, 5.41) is 8.43. The number of carbonyl (C=O) groups is 1. The molecule has 106 valence electrons. The first-order chi connectivity index (χ1) is 9.86. The van der Waals surface area contributed by atoms with Crippen molar-refractivity contribution in [2.75, 3.05) is 32.7 Å². The number of fused-ring (bicyclic) bond motifs is 1. The SMILES string of the molecule is O=CN(CCc1cc2ccccc2[nH]1)N1CCNCC1. The molecule has 0 saturated carbocycles. The maximum atomic E-state index is 11.3. The molecular formula is C15H20N4O. The molecule has 0 aliphatic carbocycles. The van der Waals surface area contributed by atoms with Crippen molar-refractivity contribution in [1.82, 2.24) is 20.3 Å². The van der Waals surface area contributed by atoms with Gasteiger partial charge < -0.3 is 10.3 Å². The van der Waals surface area contributed by atoms with Crippen LogP contribution < -0.4 is 5.32 Å². The quantitative estimate of drug-likeness (QED) is 0.798. The zero-order valence-corrected chi connectivity index (χ0v) is 11.5. The van der Waals surface area contributed by atoms with Crippen molar-refractivity contribution in [3.63, 3.8) is 0 Å². The fourth-order valence-corrected chi connectivity index (χ4v) is 2.67. The molecule has 0 radical (unpaired) electrons. The molecule has 1 aliphatic heterocycles. The lowest BCUT2D eigenvalue weighted by molar-refractivity contribution is -0.135. The number of aromatic nitrogens is 1. The van der Waals surface area contributed by atoms with Gasteiger partial charge >= 0.3 is 0 Å². The monoisotopic (exact) mass is 272 g/mol. The maximum absolute atomic E-state index is 11.3. The molecule has 0 unspecified atom stereocenters. The van der Waals surface area contributed by atoms with E-state index in [1.54, 1.807) is 5.01 Å². The van der Waals surface area contributed by atoms with Gasteiger partial charge in [0.2, 0.25) is 6.41 Å². The van der Waals surface area contributed by atoms with E-state index in [-0.39, 0.29) is 0 Å². The maximum Gasteiger partial charge on any atom is 0.224 e. The van der Waals surface area contributed by atoms with Crippen LogP contribution in [-0.4, -0.2) is 54.1 Å². The molecule has 20 heavy (non-hydrogen) atoms. The minimum Gasteiger partial charge on any atom is -0.358 e. The fourth-order valence-electron chi connectivity index (χ4n) is 2.67. The molecule has 1 aromatic carbocycles. The number of nitrogens with zero attached hydrogens (tertiary/aromatic N) is 2. The highest BCUT2D eigenvalue weighted by atomic mass is 16.1. The second kappa shape index (κ2) is 6.07. The molecule has 1 fully saturated rings. The van der Waals surface area contributed by atoms with Gasteiger partial charge in [-0.3, -0.25) is 9.80 Å². The van der Waals surface area contributed by atoms with Crippen LogP contribution in [0.2, 0.25) is 0 Å². The molecule has 5 nitrogen and oxygen atoms in total. The van der Waals surface area contributed by atoms with Crippen molar-refractivity contribution in [2.45, 2.75) is 6.42 Å². The lowest BCUT2D eigenvalue weighted by Gasteiger charge is -2.35. The van der Waals surface area contributed by atoms with Gasteiger partial charge in [0.25, 0.3) is 0 Å². The summed E-state index contributed by atoms with van der Waals surface area (Å²) < 4.78 is 0. The van der Waals surface area contributed by atoms with Crippen LogP contribution in [0.4, 0.5) is 0 Å². The van der Waals surface area contributed by atoms with Crippen molar-refractivity contribution >= 4 is 17.3 Å². The van der Waals surface area contributed by atoms with E-state index in [4.69, 9.17) is 0 Å². The summed E-state index contributed by atoms with van der Waals surface area (Å²) in [5.41, 5.74) is 2.33. The van der Waals surface area contributed by atoms with E-state index in [0.29, 0.717) is 0 Å². The molecule has 3 rings (SSSR count). The number of benzene rings is 1. The van der Waals surface area contributed by atoms with Crippen molar-refractivity contribution in [1.29, 1.82) is 0 Å². The molecule has 0 bridgehead atoms. The Morgan fingerprint density at radius 2 is 2.05 bits per heavy atom. The predicted octanol–water partition coefficient (Wildman–Crippen LogP) is 0.989. The second-order valence-electron chi connectivity index (χ2n) is 5.10. The molecule has 1 amide bonds. The molecule has 2 aromatic rings. The topological polar surface area (TPSA) is 51.4 Å². The number of rotatable bonds is 5. The van der Waals surface area contributed by atoms with Gasteiger partial charge in [-0.2, -0.15) is 0 Å². The number of H-pyrrole nitrogens is 1. The third kappa shape index (κ3) is 2.84. The highest BCUT2D eigenvalue weighted by molar-refractivity contribution is 5.80. The summed E-state index contributed by atoms with van der Waals surface area (Å²) >= 11 is 0. The summed E-state index contributed by atoms with van der Waals surface area (Å²) in [6.45, 7) is 4.39. The van der Waals surface area contributed by atoms with Crippen LogP contribution in [-0.2, 0) is 11.2 Å². The van der Waals surface area contributed by atoms with Gasteiger partial charge in [-0.25, -0.2) is 5.01 Å². The van der Waals surface area contributed by atoms with Crippen molar-refractivity contribution in [2.24, 2.45) is 0 Å². The highest BCUT2D eigenvalue weighted by Gasteiger charge is 2.16. The minimum atomic E-state index is 0.719. The Balaban J connectivity index is 1.63. The number of para-hydroxylation sites is 1. The first-order valence-electron chi connectivity index (χ1n) is 7.11. The normalized spacial score (nSPS) is 16.4. The van der Waals surface area contributed by atoms with Crippen LogP contribution in [0.3, 0.4) is 0 Å². The van der Waals surface area contributed by atoms with Gasteiger partial charge in [0, 0.05) is 50.4 Å². The Hall–Kier alpha value is -1.85. The molecule has 1 aromatic heterocycles. The number of hydrazine groups is 1. The Morgan fingerprint density at radius 1 is 1.25 bits per heavy atom.